The van der Waals surface area contributed by atoms with Crippen LogP contribution in [0.15, 0.2) is 48.8 Å². The van der Waals surface area contributed by atoms with E-state index in [2.05, 4.69) is 10.3 Å². The summed E-state index contributed by atoms with van der Waals surface area (Å²) in [5.41, 5.74) is 2.00. The van der Waals surface area contributed by atoms with Crippen LogP contribution in [0.25, 0.3) is 0 Å². The van der Waals surface area contributed by atoms with Gasteiger partial charge in [-0.25, -0.2) is 0 Å². The van der Waals surface area contributed by atoms with Gasteiger partial charge in [0.05, 0.1) is 17.6 Å². The molecule has 2 aromatic rings. The first-order chi connectivity index (χ1) is 15.2. The molecule has 0 unspecified atom stereocenters. The van der Waals surface area contributed by atoms with Crippen LogP contribution in [0.1, 0.15) is 65.9 Å². The second-order valence-electron chi connectivity index (χ2n) is 8.96. The van der Waals surface area contributed by atoms with Gasteiger partial charge in [-0.15, -0.1) is 0 Å². The number of carbonyl (C=O) groups is 2. The van der Waals surface area contributed by atoms with Crippen molar-refractivity contribution in [2.75, 3.05) is 13.2 Å². The quantitative estimate of drug-likeness (QED) is 0.806. The minimum Gasteiger partial charge on any atom is -0.376 e. The highest BCUT2D eigenvalue weighted by atomic mass is 16.5. The van der Waals surface area contributed by atoms with Crippen molar-refractivity contribution in [1.29, 1.82) is 0 Å². The zero-order valence-electron chi connectivity index (χ0n) is 17.8. The fourth-order valence-corrected chi connectivity index (χ4v) is 5.72. The minimum atomic E-state index is -0.476. The molecule has 5 rings (SSSR count). The Balaban J connectivity index is 1.51. The molecule has 0 radical (unpaired) electrons. The molecule has 3 aliphatic rings. The van der Waals surface area contributed by atoms with Gasteiger partial charge in [0.15, 0.2) is 0 Å². The van der Waals surface area contributed by atoms with E-state index in [0.29, 0.717) is 18.7 Å². The van der Waals surface area contributed by atoms with E-state index in [1.54, 1.807) is 12.4 Å². The molecule has 2 amide bonds. The lowest BCUT2D eigenvalue weighted by molar-refractivity contribution is -0.127. The van der Waals surface area contributed by atoms with E-state index >= 15 is 0 Å². The molecule has 1 aromatic heterocycles. The Morgan fingerprint density at radius 2 is 2.00 bits per heavy atom. The van der Waals surface area contributed by atoms with Gasteiger partial charge >= 0.3 is 0 Å². The predicted octanol–water partition coefficient (Wildman–Crippen LogP) is 3.43. The fraction of sp³-hybridized carbons (Fsp3) is 0.480. The zero-order chi connectivity index (χ0) is 21.3. The lowest BCUT2D eigenvalue weighted by Gasteiger charge is -2.50. The van der Waals surface area contributed by atoms with Gasteiger partial charge in [-0.05, 0) is 48.9 Å². The van der Waals surface area contributed by atoms with Crippen LogP contribution in [0.5, 0.6) is 0 Å². The average Bonchev–Trinajstić information content (AvgIpc) is 3.49. The van der Waals surface area contributed by atoms with Crippen LogP contribution in [0.3, 0.4) is 0 Å². The number of aromatic nitrogens is 1. The Morgan fingerprint density at radius 1 is 1.16 bits per heavy atom. The third-order valence-corrected chi connectivity index (χ3v) is 7.15. The van der Waals surface area contributed by atoms with Gasteiger partial charge in [-0.2, -0.15) is 0 Å². The molecule has 31 heavy (non-hydrogen) atoms. The van der Waals surface area contributed by atoms with E-state index in [1.807, 2.05) is 41.3 Å². The van der Waals surface area contributed by atoms with E-state index in [4.69, 9.17) is 4.74 Å². The van der Waals surface area contributed by atoms with Crippen LogP contribution < -0.4 is 5.32 Å². The second-order valence-corrected chi connectivity index (χ2v) is 8.96. The van der Waals surface area contributed by atoms with Gasteiger partial charge in [-0.3, -0.25) is 14.6 Å². The Morgan fingerprint density at radius 3 is 2.74 bits per heavy atom. The maximum atomic E-state index is 13.7. The number of pyridine rings is 1. The summed E-state index contributed by atoms with van der Waals surface area (Å²) in [4.78, 5) is 33.5. The topological polar surface area (TPSA) is 71.5 Å². The number of rotatable bonds is 5. The van der Waals surface area contributed by atoms with Gasteiger partial charge in [0.25, 0.3) is 5.91 Å². The normalized spacial score (nSPS) is 24.4. The highest BCUT2D eigenvalue weighted by molar-refractivity contribution is 6.02. The van der Waals surface area contributed by atoms with Crippen molar-refractivity contribution in [2.24, 2.45) is 0 Å². The lowest BCUT2D eigenvalue weighted by atomic mass is 9.71. The number of nitrogens with one attached hydrogen (secondary N) is 1. The van der Waals surface area contributed by atoms with Crippen molar-refractivity contribution < 1.29 is 14.3 Å². The highest BCUT2D eigenvalue weighted by Crippen LogP contribution is 2.50. The smallest absolute Gasteiger partial charge is 0.254 e. The van der Waals surface area contributed by atoms with Crippen molar-refractivity contribution in [3.05, 3.63) is 65.5 Å². The molecule has 0 bridgehead atoms. The molecule has 6 heteroatoms. The molecule has 2 aliphatic heterocycles. The van der Waals surface area contributed by atoms with E-state index in [-0.39, 0.29) is 23.8 Å². The number of benzene rings is 1. The number of carbonyl (C=O) groups excluding carboxylic acids is 2. The van der Waals surface area contributed by atoms with Crippen LogP contribution in [0.2, 0.25) is 0 Å². The molecule has 6 nitrogen and oxygen atoms in total. The van der Waals surface area contributed by atoms with Crippen LogP contribution in [0.4, 0.5) is 0 Å². The number of nitrogens with zero attached hydrogens (tertiary/aromatic N) is 2. The molecule has 1 saturated carbocycles. The van der Waals surface area contributed by atoms with Gasteiger partial charge in [0.2, 0.25) is 5.91 Å². The Labute approximate surface area is 183 Å². The van der Waals surface area contributed by atoms with Crippen molar-refractivity contribution in [2.45, 2.75) is 62.6 Å². The lowest BCUT2D eigenvalue weighted by Crippen LogP contribution is -2.62. The number of hydrogen-bond acceptors (Lipinski definition) is 4. The molecule has 2 fully saturated rings. The first kappa shape index (κ1) is 20.2. The summed E-state index contributed by atoms with van der Waals surface area (Å²) >= 11 is 0. The molecule has 1 aliphatic carbocycles. The standard InChI is InChI=1S/C25H29N3O3/c29-23(27-16-18-7-5-13-26-15-18)22-20-9-1-2-10-21(20)24(30)28(17-19-8-6-14-31-19)25(22)11-3-4-12-25/h1-2,5,7,9-10,13,15,19,22H,3-4,6,8,11-12,14,16-17H2,(H,27,29)/t19-,22+/m0/s1. The molecule has 1 N–H and O–H groups in total. The maximum absolute atomic E-state index is 13.7. The van der Waals surface area contributed by atoms with Crippen LogP contribution in [-0.4, -0.2) is 46.5 Å². The molecular weight excluding hydrogens is 390 g/mol. The second kappa shape index (κ2) is 8.42. The molecule has 2 atom stereocenters. The van der Waals surface area contributed by atoms with Crippen molar-refractivity contribution >= 4 is 11.8 Å². The SMILES string of the molecule is O=C(NCc1cccnc1)[C@H]1c2ccccc2C(=O)N(C[C@@H]2CCCO2)C12CCCC2. The number of fused-ring (bicyclic) bond motifs is 1. The van der Waals surface area contributed by atoms with Gasteiger partial charge in [0.1, 0.15) is 0 Å². The third kappa shape index (κ3) is 3.63. The first-order valence-electron chi connectivity index (χ1n) is 11.4. The summed E-state index contributed by atoms with van der Waals surface area (Å²) in [6.45, 7) is 1.76. The molecular formula is C25H29N3O3. The van der Waals surface area contributed by atoms with E-state index < -0.39 is 5.54 Å². The van der Waals surface area contributed by atoms with Crippen molar-refractivity contribution in [1.82, 2.24) is 15.2 Å². The van der Waals surface area contributed by atoms with E-state index in [1.165, 1.54) is 0 Å². The van der Waals surface area contributed by atoms with Gasteiger partial charge < -0.3 is 15.0 Å². The molecule has 1 spiro atoms. The van der Waals surface area contributed by atoms with Gasteiger partial charge in [-0.1, -0.05) is 37.1 Å². The highest BCUT2D eigenvalue weighted by Gasteiger charge is 2.55. The van der Waals surface area contributed by atoms with Crippen LogP contribution in [-0.2, 0) is 16.1 Å². The summed E-state index contributed by atoms with van der Waals surface area (Å²) in [5.74, 6) is -0.339. The summed E-state index contributed by atoms with van der Waals surface area (Å²) < 4.78 is 5.89. The molecule has 162 valence electrons. The Hall–Kier alpha value is -2.73. The fourth-order valence-electron chi connectivity index (χ4n) is 5.72. The summed E-state index contributed by atoms with van der Waals surface area (Å²) in [6, 6.07) is 11.5. The van der Waals surface area contributed by atoms with E-state index in [9.17, 15) is 9.59 Å². The summed E-state index contributed by atoms with van der Waals surface area (Å²) in [5, 5.41) is 3.14. The third-order valence-electron chi connectivity index (χ3n) is 7.15. The summed E-state index contributed by atoms with van der Waals surface area (Å²) in [7, 11) is 0. The van der Waals surface area contributed by atoms with Crippen molar-refractivity contribution in [3.8, 4) is 0 Å². The van der Waals surface area contributed by atoms with Crippen molar-refractivity contribution in [3.63, 3.8) is 0 Å². The molecule has 3 heterocycles. The Bertz CT molecular complexity index is 949. The van der Waals surface area contributed by atoms with Crippen LogP contribution >= 0.6 is 0 Å². The Kier molecular flexibility index (Phi) is 5.48. The van der Waals surface area contributed by atoms with E-state index in [0.717, 1.165) is 56.3 Å². The zero-order valence-corrected chi connectivity index (χ0v) is 17.8. The number of amides is 2. The number of ether oxygens (including phenoxy) is 1. The summed E-state index contributed by atoms with van der Waals surface area (Å²) in [6.07, 6.45) is 9.33. The average molecular weight is 420 g/mol. The maximum Gasteiger partial charge on any atom is 0.254 e. The van der Waals surface area contributed by atoms with Crippen LogP contribution in [0, 0.1) is 0 Å². The first-order valence-corrected chi connectivity index (χ1v) is 11.4. The monoisotopic (exact) mass is 419 g/mol. The molecule has 1 saturated heterocycles. The van der Waals surface area contributed by atoms with Gasteiger partial charge in [0, 0.05) is 37.7 Å². The largest absolute Gasteiger partial charge is 0.376 e. The molecule has 1 aromatic carbocycles. The predicted molar refractivity (Wildman–Crippen MR) is 116 cm³/mol. The number of hydrogen-bond donors (Lipinski definition) is 1. The minimum absolute atomic E-state index is 0.0111.